The Kier molecular flexibility index (Phi) is 7.03. The van der Waals surface area contributed by atoms with Gasteiger partial charge in [0.2, 0.25) is 11.7 Å². The summed E-state index contributed by atoms with van der Waals surface area (Å²) in [5.41, 5.74) is 8.99. The van der Waals surface area contributed by atoms with Crippen molar-refractivity contribution in [3.63, 3.8) is 0 Å². The lowest BCUT2D eigenvalue weighted by molar-refractivity contribution is 0.249. The second kappa shape index (κ2) is 9.68. The quantitative estimate of drug-likeness (QED) is 0.687. The highest BCUT2D eigenvalue weighted by Gasteiger charge is 2.18. The molecule has 0 unspecified atom stereocenters. The number of halogens is 1. The van der Waals surface area contributed by atoms with Crippen LogP contribution in [0.25, 0.3) is 11.4 Å². The van der Waals surface area contributed by atoms with Gasteiger partial charge in [0.15, 0.2) is 0 Å². The molecule has 2 N–H and O–H groups in total. The molecule has 1 aliphatic rings. The van der Waals surface area contributed by atoms with Crippen molar-refractivity contribution in [2.24, 2.45) is 5.73 Å². The van der Waals surface area contributed by atoms with E-state index in [0.717, 1.165) is 50.3 Å². The fourth-order valence-electron chi connectivity index (χ4n) is 3.39. The third-order valence-electron chi connectivity index (χ3n) is 5.05. The highest BCUT2D eigenvalue weighted by molar-refractivity contribution is 5.85. The molecule has 28 heavy (non-hydrogen) atoms. The molecule has 1 fully saturated rings. The number of para-hydroxylation sites is 1. The zero-order valence-electron chi connectivity index (χ0n) is 15.8. The number of anilines is 1. The number of hydrogen-bond donors (Lipinski definition) is 1. The molecule has 1 saturated heterocycles. The van der Waals surface area contributed by atoms with Crippen molar-refractivity contribution >= 4 is 18.1 Å². The van der Waals surface area contributed by atoms with Gasteiger partial charge in [-0.05, 0) is 17.7 Å². The van der Waals surface area contributed by atoms with Crippen LogP contribution >= 0.6 is 12.4 Å². The molecule has 1 aromatic heterocycles. The van der Waals surface area contributed by atoms with Gasteiger partial charge in [-0.15, -0.1) is 12.4 Å². The lowest BCUT2D eigenvalue weighted by atomic mass is 10.1. The zero-order valence-corrected chi connectivity index (χ0v) is 16.6. The maximum atomic E-state index is 5.64. The number of piperazine rings is 1. The SMILES string of the molecule is Cl.NCc1ccc(-c2noc(CCN3CCN(c4ccccc4)CC3)n2)cc1. The van der Waals surface area contributed by atoms with Crippen LogP contribution in [0.5, 0.6) is 0 Å². The summed E-state index contributed by atoms with van der Waals surface area (Å²) >= 11 is 0. The number of aromatic nitrogens is 2. The average Bonchev–Trinajstić information content (AvgIpc) is 3.22. The Bertz CT molecular complexity index is 845. The molecular formula is C21H26ClN5O. The Hall–Kier alpha value is -2.41. The third kappa shape index (κ3) is 4.90. The van der Waals surface area contributed by atoms with Crippen LogP contribution in [0.2, 0.25) is 0 Å². The fraction of sp³-hybridized carbons (Fsp3) is 0.333. The molecule has 4 rings (SSSR count). The van der Waals surface area contributed by atoms with Gasteiger partial charge in [-0.1, -0.05) is 47.6 Å². The van der Waals surface area contributed by atoms with Crippen molar-refractivity contribution in [3.8, 4) is 11.4 Å². The molecule has 0 atom stereocenters. The molecule has 6 nitrogen and oxygen atoms in total. The molecule has 0 amide bonds. The normalized spacial score (nSPS) is 14.7. The van der Waals surface area contributed by atoms with Crippen molar-refractivity contribution < 1.29 is 4.52 Å². The summed E-state index contributed by atoms with van der Waals surface area (Å²) in [6.45, 7) is 5.68. The lowest BCUT2D eigenvalue weighted by Crippen LogP contribution is -2.47. The van der Waals surface area contributed by atoms with Gasteiger partial charge in [-0.3, -0.25) is 4.90 Å². The second-order valence-electron chi connectivity index (χ2n) is 6.83. The first-order chi connectivity index (χ1) is 13.3. The first-order valence-electron chi connectivity index (χ1n) is 9.46. The van der Waals surface area contributed by atoms with E-state index < -0.39 is 0 Å². The van der Waals surface area contributed by atoms with Crippen LogP contribution in [0.3, 0.4) is 0 Å². The highest BCUT2D eigenvalue weighted by atomic mass is 35.5. The van der Waals surface area contributed by atoms with E-state index in [1.54, 1.807) is 0 Å². The Morgan fingerprint density at radius 3 is 2.32 bits per heavy atom. The van der Waals surface area contributed by atoms with Crippen molar-refractivity contribution in [3.05, 3.63) is 66.1 Å². The highest BCUT2D eigenvalue weighted by Crippen LogP contribution is 2.18. The monoisotopic (exact) mass is 399 g/mol. The van der Waals surface area contributed by atoms with E-state index in [-0.39, 0.29) is 12.4 Å². The van der Waals surface area contributed by atoms with Crippen LogP contribution in [0.4, 0.5) is 5.69 Å². The zero-order chi connectivity index (χ0) is 18.5. The van der Waals surface area contributed by atoms with E-state index in [1.165, 1.54) is 5.69 Å². The van der Waals surface area contributed by atoms with E-state index in [4.69, 9.17) is 10.3 Å². The molecule has 0 radical (unpaired) electrons. The number of nitrogens with two attached hydrogens (primary N) is 1. The standard InChI is InChI=1S/C21H25N5O.ClH/c22-16-17-6-8-18(9-7-17)21-23-20(27-24-21)10-11-25-12-14-26(15-13-25)19-4-2-1-3-5-19;/h1-9H,10-16,22H2;1H. The lowest BCUT2D eigenvalue weighted by Gasteiger charge is -2.35. The van der Waals surface area contributed by atoms with E-state index in [0.29, 0.717) is 18.3 Å². The van der Waals surface area contributed by atoms with Gasteiger partial charge in [0.25, 0.3) is 0 Å². The molecule has 7 heteroatoms. The minimum Gasteiger partial charge on any atom is -0.369 e. The van der Waals surface area contributed by atoms with E-state index in [9.17, 15) is 0 Å². The Morgan fingerprint density at radius 2 is 1.64 bits per heavy atom. The number of nitrogens with zero attached hydrogens (tertiary/aromatic N) is 4. The Balaban J connectivity index is 0.00000225. The summed E-state index contributed by atoms with van der Waals surface area (Å²) in [5, 5.41) is 4.11. The summed E-state index contributed by atoms with van der Waals surface area (Å²) in [4.78, 5) is 9.43. The molecule has 1 aliphatic heterocycles. The Labute approximate surface area is 171 Å². The van der Waals surface area contributed by atoms with E-state index in [1.807, 2.05) is 24.3 Å². The van der Waals surface area contributed by atoms with Crippen LogP contribution in [0.1, 0.15) is 11.5 Å². The van der Waals surface area contributed by atoms with Gasteiger partial charge in [0, 0.05) is 56.9 Å². The number of hydrogen-bond acceptors (Lipinski definition) is 6. The maximum Gasteiger partial charge on any atom is 0.228 e. The van der Waals surface area contributed by atoms with Gasteiger partial charge in [-0.2, -0.15) is 4.98 Å². The minimum atomic E-state index is 0. The first kappa shape index (κ1) is 20.3. The van der Waals surface area contributed by atoms with E-state index >= 15 is 0 Å². The summed E-state index contributed by atoms with van der Waals surface area (Å²) < 4.78 is 5.43. The molecule has 148 valence electrons. The van der Waals surface area contributed by atoms with Gasteiger partial charge >= 0.3 is 0 Å². The van der Waals surface area contributed by atoms with Crippen LogP contribution < -0.4 is 10.6 Å². The largest absolute Gasteiger partial charge is 0.369 e. The second-order valence-corrected chi connectivity index (χ2v) is 6.83. The van der Waals surface area contributed by atoms with E-state index in [2.05, 4.69) is 50.3 Å². The molecular weight excluding hydrogens is 374 g/mol. The maximum absolute atomic E-state index is 5.64. The molecule has 3 aromatic rings. The topological polar surface area (TPSA) is 71.4 Å². The molecule has 0 aliphatic carbocycles. The fourth-order valence-corrected chi connectivity index (χ4v) is 3.39. The van der Waals surface area contributed by atoms with Gasteiger partial charge < -0.3 is 15.2 Å². The number of benzene rings is 2. The van der Waals surface area contributed by atoms with Crippen molar-refractivity contribution in [1.29, 1.82) is 0 Å². The molecule has 2 heterocycles. The molecule has 0 bridgehead atoms. The molecule has 2 aromatic carbocycles. The summed E-state index contributed by atoms with van der Waals surface area (Å²) in [7, 11) is 0. The smallest absolute Gasteiger partial charge is 0.228 e. The van der Waals surface area contributed by atoms with Gasteiger partial charge in [0.1, 0.15) is 0 Å². The minimum absolute atomic E-state index is 0. The molecule has 0 saturated carbocycles. The van der Waals surface area contributed by atoms with Crippen molar-refractivity contribution in [1.82, 2.24) is 15.0 Å². The predicted molar refractivity (Wildman–Crippen MR) is 114 cm³/mol. The summed E-state index contributed by atoms with van der Waals surface area (Å²) in [6, 6.07) is 18.6. The summed E-state index contributed by atoms with van der Waals surface area (Å²) in [5.74, 6) is 1.33. The third-order valence-corrected chi connectivity index (χ3v) is 5.05. The van der Waals surface area contributed by atoms with Crippen LogP contribution in [-0.2, 0) is 13.0 Å². The van der Waals surface area contributed by atoms with Crippen LogP contribution in [-0.4, -0.2) is 47.8 Å². The summed E-state index contributed by atoms with van der Waals surface area (Å²) in [6.07, 6.45) is 0.777. The van der Waals surface area contributed by atoms with Gasteiger partial charge in [0.05, 0.1) is 0 Å². The van der Waals surface area contributed by atoms with Crippen LogP contribution in [0.15, 0.2) is 59.1 Å². The Morgan fingerprint density at radius 1 is 0.929 bits per heavy atom. The average molecular weight is 400 g/mol. The van der Waals surface area contributed by atoms with Crippen LogP contribution in [0, 0.1) is 0 Å². The predicted octanol–water partition coefficient (Wildman–Crippen LogP) is 2.98. The first-order valence-corrected chi connectivity index (χ1v) is 9.46. The number of rotatable bonds is 6. The van der Waals surface area contributed by atoms with Gasteiger partial charge in [-0.25, -0.2) is 0 Å². The molecule has 0 spiro atoms. The van der Waals surface area contributed by atoms with Crippen molar-refractivity contribution in [2.75, 3.05) is 37.6 Å². The van der Waals surface area contributed by atoms with Crippen molar-refractivity contribution in [2.45, 2.75) is 13.0 Å².